The molecule has 0 spiro atoms. The number of aryl methyl sites for hydroxylation is 1. The molecule has 0 aliphatic carbocycles. The molecule has 0 aliphatic heterocycles. The summed E-state index contributed by atoms with van der Waals surface area (Å²) in [6.45, 7) is 8.72. The van der Waals surface area contributed by atoms with Gasteiger partial charge in [-0.05, 0) is 42.2 Å². The molecule has 4 nitrogen and oxygen atoms in total. The minimum absolute atomic E-state index is 0. The number of thiazole rings is 1. The lowest BCUT2D eigenvalue weighted by atomic mass is 10.1. The number of aliphatic imine (C=N–C) groups is 1. The van der Waals surface area contributed by atoms with Gasteiger partial charge in [0.2, 0.25) is 0 Å². The number of hydrogen-bond acceptors (Lipinski definition) is 4. The minimum atomic E-state index is 0. The zero-order valence-electron chi connectivity index (χ0n) is 13.1. The number of nitrogens with one attached hydrogen (secondary N) is 2. The van der Waals surface area contributed by atoms with Crippen molar-refractivity contribution in [2.75, 3.05) is 13.1 Å². The predicted molar refractivity (Wildman–Crippen MR) is 108 cm³/mol. The van der Waals surface area contributed by atoms with Crippen molar-refractivity contribution in [1.29, 1.82) is 0 Å². The van der Waals surface area contributed by atoms with Crippen LogP contribution in [0.4, 0.5) is 0 Å². The number of halogens is 1. The second-order valence-electron chi connectivity index (χ2n) is 4.90. The first-order valence-electron chi connectivity index (χ1n) is 7.14. The van der Waals surface area contributed by atoms with Gasteiger partial charge in [-0.25, -0.2) is 9.98 Å². The highest BCUT2D eigenvalue weighted by Crippen LogP contribution is 2.17. The van der Waals surface area contributed by atoms with E-state index in [1.54, 1.807) is 22.7 Å². The molecule has 1 atom stereocenters. The quantitative estimate of drug-likeness (QED) is 0.398. The summed E-state index contributed by atoms with van der Waals surface area (Å²) in [5, 5.41) is 12.1. The van der Waals surface area contributed by atoms with E-state index in [4.69, 9.17) is 0 Å². The third-order valence-corrected chi connectivity index (χ3v) is 4.67. The van der Waals surface area contributed by atoms with Gasteiger partial charge >= 0.3 is 0 Å². The van der Waals surface area contributed by atoms with Gasteiger partial charge in [-0.3, -0.25) is 0 Å². The van der Waals surface area contributed by atoms with Crippen LogP contribution in [0.5, 0.6) is 0 Å². The van der Waals surface area contributed by atoms with Gasteiger partial charge in [-0.2, -0.15) is 11.3 Å². The molecule has 0 saturated carbocycles. The Bertz CT molecular complexity index is 566. The molecule has 22 heavy (non-hydrogen) atoms. The Balaban J connectivity index is 0.00000242. The summed E-state index contributed by atoms with van der Waals surface area (Å²) in [6, 6.07) is 2.18. The molecule has 0 amide bonds. The van der Waals surface area contributed by atoms with E-state index in [1.807, 2.05) is 6.20 Å². The lowest BCUT2D eigenvalue weighted by Gasteiger charge is -2.15. The Morgan fingerprint density at radius 1 is 1.41 bits per heavy atom. The minimum Gasteiger partial charge on any atom is -0.357 e. The summed E-state index contributed by atoms with van der Waals surface area (Å²) in [5.74, 6) is 1.33. The van der Waals surface area contributed by atoms with E-state index < -0.39 is 0 Å². The Morgan fingerprint density at radius 3 is 2.82 bits per heavy atom. The average molecular weight is 450 g/mol. The van der Waals surface area contributed by atoms with Crippen LogP contribution in [0.1, 0.15) is 35.2 Å². The van der Waals surface area contributed by atoms with E-state index in [0.29, 0.717) is 12.5 Å². The molecule has 2 rings (SSSR count). The Kier molecular flexibility index (Phi) is 8.96. The third-order valence-electron chi connectivity index (χ3n) is 3.07. The number of nitrogens with zero attached hydrogens (tertiary/aromatic N) is 2. The number of thiophene rings is 1. The summed E-state index contributed by atoms with van der Waals surface area (Å²) in [6.07, 6.45) is 1.90. The van der Waals surface area contributed by atoms with Crippen molar-refractivity contribution in [2.45, 2.75) is 33.2 Å². The second kappa shape index (κ2) is 10.2. The van der Waals surface area contributed by atoms with Gasteiger partial charge < -0.3 is 10.6 Å². The highest BCUT2D eigenvalue weighted by atomic mass is 127. The van der Waals surface area contributed by atoms with Crippen molar-refractivity contribution >= 4 is 52.6 Å². The maximum absolute atomic E-state index is 4.60. The number of rotatable bonds is 6. The molecule has 2 heterocycles. The Hall–Kier alpha value is -0.670. The van der Waals surface area contributed by atoms with Crippen LogP contribution in [0.15, 0.2) is 28.0 Å². The zero-order valence-corrected chi connectivity index (χ0v) is 17.1. The van der Waals surface area contributed by atoms with E-state index in [2.05, 4.69) is 58.2 Å². The van der Waals surface area contributed by atoms with Gasteiger partial charge in [-0.1, -0.05) is 6.92 Å². The van der Waals surface area contributed by atoms with Crippen LogP contribution in [0, 0.1) is 6.92 Å². The van der Waals surface area contributed by atoms with Gasteiger partial charge in [-0.15, -0.1) is 35.3 Å². The molecular weight excluding hydrogens is 427 g/mol. The van der Waals surface area contributed by atoms with E-state index in [9.17, 15) is 0 Å². The molecule has 0 aromatic carbocycles. The van der Waals surface area contributed by atoms with Crippen molar-refractivity contribution < 1.29 is 0 Å². The molecule has 0 radical (unpaired) electrons. The van der Waals surface area contributed by atoms with Crippen molar-refractivity contribution in [2.24, 2.45) is 4.99 Å². The smallest absolute Gasteiger partial charge is 0.191 e. The first-order valence-corrected chi connectivity index (χ1v) is 8.90. The SMILES string of the molecule is CCNC(=NCc1ncc(C)s1)NCC(C)c1ccsc1.I. The normalized spacial score (nSPS) is 12.6. The van der Waals surface area contributed by atoms with Crippen LogP contribution in [0.3, 0.4) is 0 Å². The third kappa shape index (κ3) is 6.21. The number of aromatic nitrogens is 1. The summed E-state index contributed by atoms with van der Waals surface area (Å²) in [4.78, 5) is 10.2. The Morgan fingerprint density at radius 2 is 2.23 bits per heavy atom. The van der Waals surface area contributed by atoms with Crippen LogP contribution >= 0.6 is 46.7 Å². The summed E-state index contributed by atoms with van der Waals surface area (Å²) in [7, 11) is 0. The predicted octanol–water partition coefficient (Wildman–Crippen LogP) is 3.99. The Labute approximate surface area is 157 Å². The molecule has 7 heteroatoms. The van der Waals surface area contributed by atoms with Crippen molar-refractivity contribution in [3.8, 4) is 0 Å². The molecular formula is C15H23IN4S2. The van der Waals surface area contributed by atoms with E-state index in [-0.39, 0.29) is 24.0 Å². The summed E-state index contributed by atoms with van der Waals surface area (Å²) >= 11 is 3.44. The highest BCUT2D eigenvalue weighted by Gasteiger charge is 2.07. The lowest BCUT2D eigenvalue weighted by molar-refractivity contribution is 0.701. The average Bonchev–Trinajstić information content (AvgIpc) is 3.13. The van der Waals surface area contributed by atoms with Gasteiger partial charge in [0.1, 0.15) is 5.01 Å². The molecule has 0 aliphatic rings. The highest BCUT2D eigenvalue weighted by molar-refractivity contribution is 14.0. The fourth-order valence-electron chi connectivity index (χ4n) is 1.89. The molecule has 1 unspecified atom stereocenters. The van der Waals surface area contributed by atoms with Gasteiger partial charge in [0.15, 0.2) is 5.96 Å². The zero-order chi connectivity index (χ0) is 15.1. The standard InChI is InChI=1S/C15H22N4S2.HI/c1-4-16-15(19-9-14-17-8-12(3)21-14)18-7-11(2)13-5-6-20-10-13;/h5-6,8,10-11H,4,7,9H2,1-3H3,(H2,16,18,19);1H. The molecule has 122 valence electrons. The van der Waals surface area contributed by atoms with Crippen LogP contribution in [0.2, 0.25) is 0 Å². The van der Waals surface area contributed by atoms with E-state index in [1.165, 1.54) is 10.4 Å². The first kappa shape index (κ1) is 19.4. The molecule has 2 aromatic heterocycles. The molecule has 0 fully saturated rings. The molecule has 0 saturated heterocycles. The largest absolute Gasteiger partial charge is 0.357 e. The van der Waals surface area contributed by atoms with Crippen LogP contribution in [0.25, 0.3) is 0 Å². The summed E-state index contributed by atoms with van der Waals surface area (Å²) < 4.78 is 0. The van der Waals surface area contributed by atoms with Crippen molar-refractivity contribution in [3.05, 3.63) is 38.5 Å². The van der Waals surface area contributed by atoms with Crippen molar-refractivity contribution in [3.63, 3.8) is 0 Å². The molecule has 2 N–H and O–H groups in total. The lowest BCUT2D eigenvalue weighted by Crippen LogP contribution is -2.39. The molecule has 2 aromatic rings. The van der Waals surface area contributed by atoms with Crippen LogP contribution < -0.4 is 10.6 Å². The van der Waals surface area contributed by atoms with Crippen LogP contribution in [-0.4, -0.2) is 24.0 Å². The van der Waals surface area contributed by atoms with Crippen LogP contribution in [-0.2, 0) is 6.54 Å². The number of guanidine groups is 1. The molecule has 0 bridgehead atoms. The maximum atomic E-state index is 4.60. The first-order chi connectivity index (χ1) is 10.2. The number of hydrogen-bond donors (Lipinski definition) is 2. The van der Waals surface area contributed by atoms with E-state index in [0.717, 1.165) is 24.1 Å². The van der Waals surface area contributed by atoms with Gasteiger partial charge in [0.05, 0.1) is 6.54 Å². The topological polar surface area (TPSA) is 49.3 Å². The fourth-order valence-corrected chi connectivity index (χ4v) is 3.38. The van der Waals surface area contributed by atoms with Gasteiger partial charge in [0, 0.05) is 24.2 Å². The summed E-state index contributed by atoms with van der Waals surface area (Å²) in [5.41, 5.74) is 1.37. The maximum Gasteiger partial charge on any atom is 0.191 e. The monoisotopic (exact) mass is 450 g/mol. The van der Waals surface area contributed by atoms with Crippen molar-refractivity contribution in [1.82, 2.24) is 15.6 Å². The van der Waals surface area contributed by atoms with Gasteiger partial charge in [0.25, 0.3) is 0 Å². The van der Waals surface area contributed by atoms with E-state index >= 15 is 0 Å². The second-order valence-corrected chi connectivity index (χ2v) is 7.00. The fraction of sp³-hybridized carbons (Fsp3) is 0.467.